The van der Waals surface area contributed by atoms with Gasteiger partial charge >= 0.3 is 5.97 Å². The second kappa shape index (κ2) is 7.15. The van der Waals surface area contributed by atoms with Gasteiger partial charge in [-0.05, 0) is 0 Å². The van der Waals surface area contributed by atoms with E-state index in [-0.39, 0.29) is 0 Å². The minimum atomic E-state index is -1.79. The van der Waals surface area contributed by atoms with Crippen LogP contribution in [0.2, 0.25) is 0 Å². The lowest BCUT2D eigenvalue weighted by Crippen LogP contribution is -2.60. The third-order valence-electron chi connectivity index (χ3n) is 3.70. The second-order valence-electron chi connectivity index (χ2n) is 5.24. The molecule has 8 atom stereocenters. The topological polar surface area (TPSA) is 183 Å². The molecule has 2 aliphatic rings. The fourth-order valence-corrected chi connectivity index (χ4v) is 2.36. The number of Topliss-reactive ketones (excluding diaryl/α,β-unsaturated/α-hetero) is 1. The van der Waals surface area contributed by atoms with Crippen molar-refractivity contribution in [1.29, 1.82) is 0 Å². The Hall–Kier alpha value is -1.18. The van der Waals surface area contributed by atoms with E-state index in [1.807, 2.05) is 0 Å². The van der Waals surface area contributed by atoms with Crippen LogP contribution >= 0.6 is 0 Å². The van der Waals surface area contributed by atoms with E-state index < -0.39 is 74.0 Å². The molecule has 2 heterocycles. The van der Waals surface area contributed by atoms with Crippen molar-refractivity contribution in [3.63, 3.8) is 0 Å². The molecule has 0 spiro atoms. The van der Waals surface area contributed by atoms with Crippen molar-refractivity contribution < 1.29 is 54.4 Å². The van der Waals surface area contributed by atoms with E-state index in [0.29, 0.717) is 0 Å². The molecular weight excluding hydrogens is 320 g/mol. The smallest absolute Gasteiger partial charge is 0.378 e. The number of carbonyl (C=O) groups is 2. The summed E-state index contributed by atoms with van der Waals surface area (Å²) in [6, 6.07) is 0. The highest BCUT2D eigenvalue weighted by molar-refractivity contribution is 6.37. The van der Waals surface area contributed by atoms with Crippen molar-refractivity contribution >= 4 is 11.8 Å². The van der Waals surface area contributed by atoms with Crippen LogP contribution < -0.4 is 0 Å². The van der Waals surface area contributed by atoms with Gasteiger partial charge in [-0.2, -0.15) is 0 Å². The fraction of sp³-hybridized carbons (Fsp3) is 0.833. The van der Waals surface area contributed by atoms with E-state index in [4.69, 9.17) is 19.7 Å². The number of hydrogen-bond donors (Lipinski definition) is 6. The van der Waals surface area contributed by atoms with Crippen LogP contribution in [-0.2, 0) is 23.8 Å². The number of cyclic esters (lactones) is 1. The van der Waals surface area contributed by atoms with Crippen molar-refractivity contribution in [3.8, 4) is 0 Å². The van der Waals surface area contributed by atoms with E-state index in [2.05, 4.69) is 4.74 Å². The molecule has 0 amide bonds. The Balaban J connectivity index is 2.15. The maximum absolute atomic E-state index is 11.7. The molecule has 0 aliphatic carbocycles. The minimum Gasteiger partial charge on any atom is -0.450 e. The molecule has 0 aromatic heterocycles. The quantitative estimate of drug-likeness (QED) is 0.208. The minimum absolute atomic E-state index is 0.707. The molecule has 23 heavy (non-hydrogen) atoms. The van der Waals surface area contributed by atoms with Gasteiger partial charge in [-0.1, -0.05) is 0 Å². The summed E-state index contributed by atoms with van der Waals surface area (Å²) < 4.78 is 14.7. The van der Waals surface area contributed by atoms with Gasteiger partial charge in [0.05, 0.1) is 13.2 Å². The Morgan fingerprint density at radius 3 is 2.30 bits per heavy atom. The maximum Gasteiger partial charge on any atom is 0.378 e. The van der Waals surface area contributed by atoms with E-state index >= 15 is 0 Å². The zero-order chi connectivity index (χ0) is 17.3. The molecule has 0 aromatic carbocycles. The third kappa shape index (κ3) is 3.36. The van der Waals surface area contributed by atoms with Gasteiger partial charge in [0.1, 0.15) is 30.5 Å². The van der Waals surface area contributed by atoms with Crippen LogP contribution in [0.15, 0.2) is 0 Å². The van der Waals surface area contributed by atoms with Crippen LogP contribution in [0.5, 0.6) is 0 Å². The van der Waals surface area contributed by atoms with Gasteiger partial charge in [0.2, 0.25) is 0 Å². The van der Waals surface area contributed by atoms with Gasteiger partial charge in [0.25, 0.3) is 5.78 Å². The average molecular weight is 338 g/mol. The molecule has 6 N–H and O–H groups in total. The largest absolute Gasteiger partial charge is 0.450 e. The SMILES string of the molecule is O=C1O[C@H]([C@@H](O)CO)C(O[C@H]2O[C@H](CO)[C@@H](O)[C@H](O)[C@H]2O)C1=O. The number of esters is 1. The van der Waals surface area contributed by atoms with Crippen LogP contribution in [0.3, 0.4) is 0 Å². The van der Waals surface area contributed by atoms with Crippen molar-refractivity contribution in [2.24, 2.45) is 0 Å². The third-order valence-corrected chi connectivity index (χ3v) is 3.70. The summed E-state index contributed by atoms with van der Waals surface area (Å²) >= 11 is 0. The van der Waals surface area contributed by atoms with Gasteiger partial charge < -0.3 is 44.8 Å². The predicted molar refractivity (Wildman–Crippen MR) is 66.6 cm³/mol. The van der Waals surface area contributed by atoms with Crippen molar-refractivity contribution in [1.82, 2.24) is 0 Å². The number of rotatable bonds is 5. The molecular formula is C12H18O11. The van der Waals surface area contributed by atoms with Crippen molar-refractivity contribution in [2.75, 3.05) is 13.2 Å². The monoisotopic (exact) mass is 338 g/mol. The fourth-order valence-electron chi connectivity index (χ4n) is 2.36. The number of ether oxygens (including phenoxy) is 3. The molecule has 0 aromatic rings. The number of aliphatic hydroxyl groups is 6. The Labute approximate surface area is 129 Å². The van der Waals surface area contributed by atoms with E-state index in [1.54, 1.807) is 0 Å². The Kier molecular flexibility index (Phi) is 5.65. The Morgan fingerprint density at radius 1 is 1.09 bits per heavy atom. The maximum atomic E-state index is 11.7. The molecule has 2 saturated heterocycles. The van der Waals surface area contributed by atoms with E-state index in [1.165, 1.54) is 0 Å². The number of hydrogen-bond acceptors (Lipinski definition) is 11. The van der Waals surface area contributed by atoms with Gasteiger partial charge in [-0.3, -0.25) is 4.79 Å². The summed E-state index contributed by atoms with van der Waals surface area (Å²) in [4.78, 5) is 23.0. The van der Waals surface area contributed by atoms with Gasteiger partial charge in [0, 0.05) is 0 Å². The summed E-state index contributed by atoms with van der Waals surface area (Å²) in [6.07, 6.45) is -12.9. The van der Waals surface area contributed by atoms with E-state index in [0.717, 1.165) is 0 Å². The first-order valence-electron chi connectivity index (χ1n) is 6.81. The Morgan fingerprint density at radius 2 is 1.74 bits per heavy atom. The molecule has 1 unspecified atom stereocenters. The Bertz CT molecular complexity index is 452. The number of ketones is 1. The van der Waals surface area contributed by atoms with Gasteiger partial charge in [0.15, 0.2) is 18.5 Å². The first-order chi connectivity index (χ1) is 10.8. The molecule has 11 nitrogen and oxygen atoms in total. The van der Waals surface area contributed by atoms with Crippen LogP contribution in [0.1, 0.15) is 0 Å². The highest BCUT2D eigenvalue weighted by Gasteiger charge is 2.52. The molecule has 0 radical (unpaired) electrons. The van der Waals surface area contributed by atoms with Gasteiger partial charge in [-0.15, -0.1) is 0 Å². The van der Waals surface area contributed by atoms with Crippen molar-refractivity contribution in [2.45, 2.75) is 49.0 Å². The molecule has 11 heteroatoms. The second-order valence-corrected chi connectivity index (χ2v) is 5.24. The standard InChI is InChI=1S/C12H18O11/c13-1-3(15)9-10(8(19)11(20)22-9)23-12-7(18)6(17)5(16)4(2-14)21-12/h3-7,9-10,12-18H,1-2H2/t3-,4+,5+,6-,7+,9+,10?,12+/m0/s1. The summed E-state index contributed by atoms with van der Waals surface area (Å²) in [7, 11) is 0. The molecule has 0 bridgehead atoms. The summed E-state index contributed by atoms with van der Waals surface area (Å²) in [5.74, 6) is -2.46. The van der Waals surface area contributed by atoms with Crippen LogP contribution in [0.4, 0.5) is 0 Å². The van der Waals surface area contributed by atoms with Crippen LogP contribution in [0, 0.1) is 0 Å². The zero-order valence-electron chi connectivity index (χ0n) is 11.8. The molecule has 2 fully saturated rings. The lowest BCUT2D eigenvalue weighted by atomic mass is 9.99. The highest BCUT2D eigenvalue weighted by atomic mass is 16.7. The lowest BCUT2D eigenvalue weighted by Gasteiger charge is -2.40. The van der Waals surface area contributed by atoms with Crippen LogP contribution in [0.25, 0.3) is 0 Å². The predicted octanol–water partition coefficient (Wildman–Crippen LogP) is -4.98. The number of aliphatic hydroxyl groups excluding tert-OH is 6. The lowest BCUT2D eigenvalue weighted by molar-refractivity contribution is -0.312. The first-order valence-corrected chi connectivity index (χ1v) is 6.81. The van der Waals surface area contributed by atoms with E-state index in [9.17, 15) is 30.0 Å². The average Bonchev–Trinajstić information content (AvgIpc) is 2.82. The zero-order valence-corrected chi connectivity index (χ0v) is 11.8. The molecule has 0 saturated carbocycles. The number of carbonyl (C=O) groups excluding carboxylic acids is 2. The highest BCUT2D eigenvalue weighted by Crippen LogP contribution is 2.27. The molecule has 132 valence electrons. The van der Waals surface area contributed by atoms with Gasteiger partial charge in [-0.25, -0.2) is 4.79 Å². The summed E-state index contributed by atoms with van der Waals surface area (Å²) in [5, 5.41) is 56.6. The summed E-state index contributed by atoms with van der Waals surface area (Å²) in [5.41, 5.74) is 0. The van der Waals surface area contributed by atoms with Crippen LogP contribution in [-0.4, -0.2) is 105 Å². The van der Waals surface area contributed by atoms with Crippen molar-refractivity contribution in [3.05, 3.63) is 0 Å². The first kappa shape index (κ1) is 18.2. The molecule has 2 aliphatic heterocycles. The molecule has 2 rings (SSSR count). The normalized spacial score (nSPS) is 42.6. The summed E-state index contributed by atoms with van der Waals surface area (Å²) in [6.45, 7) is -1.53.